The third kappa shape index (κ3) is 8.06. The topological polar surface area (TPSA) is 176 Å². The van der Waals surface area contributed by atoms with Gasteiger partial charge in [0.1, 0.15) is 15.9 Å². The number of rotatable bonds is 3. The van der Waals surface area contributed by atoms with Gasteiger partial charge in [0.15, 0.2) is 0 Å². The smallest absolute Gasteiger partial charge is 0.744 e. The average molecular weight is 467 g/mol. The Balaban J connectivity index is 0.00000129. The van der Waals surface area contributed by atoms with E-state index in [1.54, 1.807) is 12.1 Å². The zero-order valence-electron chi connectivity index (χ0n) is 15.8. The summed E-state index contributed by atoms with van der Waals surface area (Å²) < 4.78 is 58.7. The molecule has 0 heterocycles. The van der Waals surface area contributed by atoms with Crippen LogP contribution in [0.25, 0.3) is 6.08 Å². The van der Waals surface area contributed by atoms with E-state index in [1.807, 2.05) is 18.2 Å². The maximum atomic E-state index is 12.5. The van der Waals surface area contributed by atoms with Crippen molar-refractivity contribution in [3.63, 3.8) is 0 Å². The molecule has 0 atom stereocenters. The predicted octanol–water partition coefficient (Wildman–Crippen LogP) is -5.34. The number of carbonyl (C=O) groups is 1. The van der Waals surface area contributed by atoms with Gasteiger partial charge in [-0.15, -0.1) is 18.2 Å². The van der Waals surface area contributed by atoms with Gasteiger partial charge in [-0.2, -0.15) is 17.3 Å². The second-order valence-electron chi connectivity index (χ2n) is 5.19. The number of fused-ring (bicyclic) bond motifs is 1. The van der Waals surface area contributed by atoms with Gasteiger partial charge in [0.2, 0.25) is 0 Å². The summed E-state index contributed by atoms with van der Waals surface area (Å²) in [5, 5.41) is 3.98. The van der Waals surface area contributed by atoms with Gasteiger partial charge < -0.3 is 15.1 Å². The molecule has 0 unspecified atom stereocenters. The quantitative estimate of drug-likeness (QED) is 0.147. The van der Waals surface area contributed by atoms with Crippen molar-refractivity contribution in [3.05, 3.63) is 59.7 Å². The summed E-state index contributed by atoms with van der Waals surface area (Å²) in [7, 11) is -7.78. The first-order valence-electron chi connectivity index (χ1n) is 7.29. The maximum absolute atomic E-state index is 12.5. The fourth-order valence-corrected chi connectivity index (χ4v) is 2.77. The van der Waals surface area contributed by atoms with Crippen molar-refractivity contribution in [2.45, 2.75) is 4.90 Å². The number of nitrogens with one attached hydrogen (secondary N) is 1. The molecule has 0 saturated carbocycles. The van der Waals surface area contributed by atoms with Crippen molar-refractivity contribution in [1.29, 1.82) is 0 Å². The van der Waals surface area contributed by atoms with Crippen LogP contribution in [0.2, 0.25) is 0 Å². The Labute approximate surface area is 218 Å². The largest absolute Gasteiger partial charge is 1.00 e. The average Bonchev–Trinajstić information content (AvgIpc) is 2.60. The van der Waals surface area contributed by atoms with Crippen molar-refractivity contribution >= 4 is 49.7 Å². The van der Waals surface area contributed by atoms with Crippen molar-refractivity contribution < 1.29 is 89.5 Å². The Bertz CT molecular complexity index is 1190. The first kappa shape index (κ1) is 28.6. The number of nitrogens with zero attached hydrogens (tertiary/aromatic N) is 1. The van der Waals surface area contributed by atoms with Crippen molar-refractivity contribution in [2.75, 3.05) is 11.2 Å². The summed E-state index contributed by atoms with van der Waals surface area (Å²) in [5.74, 6) is -0.511. The predicted molar refractivity (Wildman–Crippen MR) is 98.1 cm³/mol. The molecule has 14 heteroatoms. The van der Waals surface area contributed by atoms with E-state index in [-0.39, 0.29) is 81.6 Å². The fraction of sp³-hybridized carbons (Fsp3) is 0. The van der Waals surface area contributed by atoms with Crippen LogP contribution in [0.4, 0.5) is 11.4 Å². The molecule has 3 rings (SSSR count). The number of nitrogens with two attached hydrogens (primary N) is 1. The van der Waals surface area contributed by atoms with E-state index < -0.39 is 31.4 Å². The zero-order valence-corrected chi connectivity index (χ0v) is 21.5. The van der Waals surface area contributed by atoms with Crippen LogP contribution in [0.3, 0.4) is 0 Å². The normalized spacial score (nSPS) is 13.1. The van der Waals surface area contributed by atoms with Crippen LogP contribution in [-0.2, 0) is 20.7 Å². The van der Waals surface area contributed by atoms with Gasteiger partial charge in [0.25, 0.3) is 0 Å². The molecule has 0 amide bonds. The number of allylic oxidation sites excluding steroid dienone is 1. The number of para-hydroxylation sites is 1. The van der Waals surface area contributed by atoms with Crippen LogP contribution in [0.15, 0.2) is 52.5 Å². The molecule has 0 spiro atoms. The minimum absolute atomic E-state index is 0. The number of hydrogen-bond donors (Lipinski definition) is 2. The molecule has 0 aliphatic heterocycles. The second kappa shape index (κ2) is 12.5. The third-order valence-corrected chi connectivity index (χ3v) is 4.15. The summed E-state index contributed by atoms with van der Waals surface area (Å²) in [5.41, 5.74) is 9.37. The molecule has 0 fully saturated rings. The molecule has 0 saturated heterocycles. The number of Topliss-reactive ketones (excluding diaryl/α,β-unsaturated/α-hetero) is 1. The van der Waals surface area contributed by atoms with Crippen molar-refractivity contribution in [1.82, 2.24) is 0 Å². The minimum Gasteiger partial charge on any atom is -0.744 e. The molecule has 1 aliphatic rings. The maximum Gasteiger partial charge on any atom is 1.00 e. The van der Waals surface area contributed by atoms with Crippen LogP contribution in [0.5, 0.6) is 0 Å². The third-order valence-electron chi connectivity index (χ3n) is 3.34. The van der Waals surface area contributed by atoms with E-state index in [4.69, 9.17) is 18.4 Å². The standard InChI is InChI=1S/C16H12N3O4S.2Na.O3S/c17-13-9-12(24(21,22)23)8-10-6-7-14(16(20)15(10)13)19-18-11-4-2-1-3-5-11;;;1-4(2)3/h1-6,8-9,18H,17H2,(H,21,22,23);;;/q-1;2*+1;/p-1. The Morgan fingerprint density at radius 1 is 1.07 bits per heavy atom. The molecule has 2 aromatic rings. The minimum atomic E-state index is -4.67. The Kier molecular flexibility index (Phi) is 11.9. The van der Waals surface area contributed by atoms with Gasteiger partial charge in [-0.05, 0) is 18.2 Å². The SMILES string of the molecule is Nc1cc(S(=O)(=O)[O-])cc2c1C(=O)C(=NNc1ccccc1)[C-]=C2.O=S(=O)=O.[Na+].[Na+]. The van der Waals surface area contributed by atoms with E-state index in [2.05, 4.69) is 16.6 Å². The van der Waals surface area contributed by atoms with E-state index in [0.29, 0.717) is 5.69 Å². The molecular weight excluding hydrogens is 456 g/mol. The van der Waals surface area contributed by atoms with Gasteiger partial charge in [-0.1, -0.05) is 29.8 Å². The number of benzene rings is 2. The van der Waals surface area contributed by atoms with E-state index in [9.17, 15) is 17.8 Å². The summed E-state index contributed by atoms with van der Waals surface area (Å²) >= 11 is 0. The molecule has 0 bridgehead atoms. The van der Waals surface area contributed by atoms with E-state index in [0.717, 1.165) is 12.1 Å². The first-order chi connectivity index (χ1) is 13.1. The molecule has 2 aromatic carbocycles. The van der Waals surface area contributed by atoms with Crippen molar-refractivity contribution in [2.24, 2.45) is 5.10 Å². The summed E-state index contributed by atoms with van der Waals surface area (Å²) in [4.78, 5) is 12.0. The van der Waals surface area contributed by atoms with Crippen molar-refractivity contribution in [3.8, 4) is 0 Å². The number of carbonyl (C=O) groups excluding carboxylic acids is 1. The van der Waals surface area contributed by atoms with Crippen LogP contribution in [0, 0.1) is 6.08 Å². The molecule has 3 N–H and O–H groups in total. The monoisotopic (exact) mass is 467 g/mol. The van der Waals surface area contributed by atoms with Gasteiger partial charge in [0.05, 0.1) is 5.69 Å². The molecule has 0 radical (unpaired) electrons. The van der Waals surface area contributed by atoms with E-state index in [1.165, 1.54) is 6.08 Å². The first-order valence-corrected chi connectivity index (χ1v) is 9.70. The van der Waals surface area contributed by atoms with Crippen LogP contribution in [-0.4, -0.2) is 37.1 Å². The number of ketones is 1. The molecular formula is C16H11N3Na2O7S2. The van der Waals surface area contributed by atoms with Gasteiger partial charge in [0, 0.05) is 16.3 Å². The number of hydrogen-bond acceptors (Lipinski definition) is 10. The van der Waals surface area contributed by atoms with Gasteiger partial charge >= 0.3 is 69.7 Å². The number of anilines is 2. The Morgan fingerprint density at radius 2 is 1.63 bits per heavy atom. The van der Waals surface area contributed by atoms with Gasteiger partial charge in [-0.3, -0.25) is 5.43 Å². The number of nitrogen functional groups attached to an aromatic ring is 1. The van der Waals surface area contributed by atoms with Crippen LogP contribution in [0.1, 0.15) is 15.9 Å². The molecule has 30 heavy (non-hydrogen) atoms. The Hall–Kier alpha value is -1.35. The van der Waals surface area contributed by atoms with E-state index >= 15 is 0 Å². The second-order valence-corrected chi connectivity index (χ2v) is 6.98. The summed E-state index contributed by atoms with van der Waals surface area (Å²) in [6.07, 6.45) is 4.03. The van der Waals surface area contributed by atoms with Gasteiger partial charge in [-0.25, -0.2) is 8.42 Å². The van der Waals surface area contributed by atoms with Crippen LogP contribution < -0.4 is 70.3 Å². The number of hydrazone groups is 1. The molecule has 146 valence electrons. The Morgan fingerprint density at radius 3 is 2.17 bits per heavy atom. The molecule has 10 nitrogen and oxygen atoms in total. The fourth-order valence-electron chi connectivity index (χ4n) is 2.23. The summed E-state index contributed by atoms with van der Waals surface area (Å²) in [6, 6.07) is 11.1. The molecule has 0 aromatic heterocycles. The van der Waals surface area contributed by atoms with Crippen LogP contribution >= 0.6 is 0 Å². The zero-order chi connectivity index (χ0) is 20.9. The summed E-state index contributed by atoms with van der Waals surface area (Å²) in [6.45, 7) is 0. The molecule has 1 aliphatic carbocycles.